The van der Waals surface area contributed by atoms with Gasteiger partial charge in [0.1, 0.15) is 11.5 Å². The molecule has 22 heavy (non-hydrogen) atoms. The van der Waals surface area contributed by atoms with Crippen molar-refractivity contribution in [3.8, 4) is 11.5 Å². The molecule has 1 fully saturated rings. The number of rotatable bonds is 4. The van der Waals surface area contributed by atoms with E-state index in [4.69, 9.17) is 9.47 Å². The summed E-state index contributed by atoms with van der Waals surface area (Å²) in [5, 5.41) is 3.67. The summed E-state index contributed by atoms with van der Waals surface area (Å²) in [6.45, 7) is 0.961. The highest BCUT2D eigenvalue weighted by Crippen LogP contribution is 2.37. The maximum absolute atomic E-state index is 5.50. The van der Waals surface area contributed by atoms with E-state index in [0.29, 0.717) is 12.0 Å². The molecule has 116 valence electrons. The van der Waals surface area contributed by atoms with Crippen LogP contribution in [-0.2, 0) is 0 Å². The van der Waals surface area contributed by atoms with E-state index >= 15 is 0 Å². The summed E-state index contributed by atoms with van der Waals surface area (Å²) in [5.41, 5.74) is 2.56. The standard InChI is InChI=1S/C19H23NO2/c1-21-18-9-5-3-7-15(18)14-11-12-17(20-13-14)16-8-4-6-10-19(16)22-2/h3-10,14,17,20H,11-13H2,1-2H3. The second-order valence-corrected chi connectivity index (χ2v) is 5.72. The number of hydrogen-bond acceptors (Lipinski definition) is 3. The molecule has 1 N–H and O–H groups in total. The number of ether oxygens (including phenoxy) is 2. The second-order valence-electron chi connectivity index (χ2n) is 5.72. The summed E-state index contributed by atoms with van der Waals surface area (Å²) >= 11 is 0. The van der Waals surface area contributed by atoms with Crippen LogP contribution in [0.3, 0.4) is 0 Å². The summed E-state index contributed by atoms with van der Waals surface area (Å²) in [7, 11) is 3.48. The molecule has 0 spiro atoms. The van der Waals surface area contributed by atoms with Gasteiger partial charge in [-0.25, -0.2) is 0 Å². The maximum Gasteiger partial charge on any atom is 0.123 e. The van der Waals surface area contributed by atoms with Gasteiger partial charge in [0.05, 0.1) is 14.2 Å². The third-order valence-corrected chi connectivity index (χ3v) is 4.51. The molecule has 1 aliphatic rings. The van der Waals surface area contributed by atoms with Crippen LogP contribution in [0.5, 0.6) is 11.5 Å². The Morgan fingerprint density at radius 1 is 0.818 bits per heavy atom. The SMILES string of the molecule is COc1ccccc1C1CCC(c2ccccc2OC)NC1. The van der Waals surface area contributed by atoms with Crippen LogP contribution in [0.4, 0.5) is 0 Å². The Bertz CT molecular complexity index is 563. The van der Waals surface area contributed by atoms with Crippen LogP contribution in [0.1, 0.15) is 35.9 Å². The van der Waals surface area contributed by atoms with Gasteiger partial charge in [-0.05, 0) is 30.5 Å². The molecule has 0 radical (unpaired) electrons. The molecule has 3 rings (SSSR count). The largest absolute Gasteiger partial charge is 0.496 e. The lowest BCUT2D eigenvalue weighted by molar-refractivity contribution is 0.343. The minimum absolute atomic E-state index is 0.363. The highest BCUT2D eigenvalue weighted by Gasteiger charge is 2.26. The average Bonchev–Trinajstić information content (AvgIpc) is 2.62. The van der Waals surface area contributed by atoms with Crippen LogP contribution < -0.4 is 14.8 Å². The zero-order chi connectivity index (χ0) is 15.4. The van der Waals surface area contributed by atoms with E-state index < -0.39 is 0 Å². The van der Waals surface area contributed by atoms with Gasteiger partial charge < -0.3 is 14.8 Å². The summed E-state index contributed by atoms with van der Waals surface area (Å²) in [6, 6.07) is 17.0. The van der Waals surface area contributed by atoms with Crippen molar-refractivity contribution in [2.24, 2.45) is 0 Å². The summed E-state index contributed by atoms with van der Waals surface area (Å²) in [5.74, 6) is 2.46. The number of hydrogen-bond donors (Lipinski definition) is 1. The number of piperidine rings is 1. The van der Waals surface area contributed by atoms with Gasteiger partial charge in [0.2, 0.25) is 0 Å². The average molecular weight is 297 g/mol. The van der Waals surface area contributed by atoms with Gasteiger partial charge in [0.15, 0.2) is 0 Å². The summed E-state index contributed by atoms with van der Waals surface area (Å²) < 4.78 is 11.0. The van der Waals surface area contributed by atoms with Crippen molar-refractivity contribution >= 4 is 0 Å². The van der Waals surface area contributed by atoms with Crippen LogP contribution in [0.2, 0.25) is 0 Å². The van der Waals surface area contributed by atoms with Gasteiger partial charge in [0.25, 0.3) is 0 Å². The number of para-hydroxylation sites is 2. The van der Waals surface area contributed by atoms with E-state index in [1.54, 1.807) is 14.2 Å². The highest BCUT2D eigenvalue weighted by molar-refractivity contribution is 5.39. The Morgan fingerprint density at radius 3 is 2.00 bits per heavy atom. The van der Waals surface area contributed by atoms with Crippen LogP contribution in [0.25, 0.3) is 0 Å². The fourth-order valence-electron chi connectivity index (χ4n) is 3.35. The van der Waals surface area contributed by atoms with Crippen LogP contribution in [0.15, 0.2) is 48.5 Å². The maximum atomic E-state index is 5.50. The molecule has 2 aromatic carbocycles. The van der Waals surface area contributed by atoms with Crippen molar-refractivity contribution in [2.75, 3.05) is 20.8 Å². The van der Waals surface area contributed by atoms with E-state index in [2.05, 4.69) is 29.6 Å². The topological polar surface area (TPSA) is 30.5 Å². The van der Waals surface area contributed by atoms with Crippen molar-refractivity contribution in [3.63, 3.8) is 0 Å². The lowest BCUT2D eigenvalue weighted by atomic mass is 9.86. The van der Waals surface area contributed by atoms with E-state index in [9.17, 15) is 0 Å². The molecule has 3 heteroatoms. The molecule has 3 nitrogen and oxygen atoms in total. The van der Waals surface area contributed by atoms with E-state index in [1.807, 2.05) is 24.3 Å². The monoisotopic (exact) mass is 297 g/mol. The Hall–Kier alpha value is -2.00. The lowest BCUT2D eigenvalue weighted by Gasteiger charge is -2.31. The first-order chi connectivity index (χ1) is 10.8. The van der Waals surface area contributed by atoms with Gasteiger partial charge in [-0.2, -0.15) is 0 Å². The molecular weight excluding hydrogens is 274 g/mol. The van der Waals surface area contributed by atoms with Gasteiger partial charge in [-0.3, -0.25) is 0 Å². The number of benzene rings is 2. The Labute approximate surface area is 132 Å². The number of methoxy groups -OCH3 is 2. The summed E-state index contributed by atoms with van der Waals surface area (Å²) in [4.78, 5) is 0. The van der Waals surface area contributed by atoms with Crippen molar-refractivity contribution in [2.45, 2.75) is 24.8 Å². The predicted octanol–water partition coefficient (Wildman–Crippen LogP) is 3.91. The normalized spacial score (nSPS) is 21.4. The lowest BCUT2D eigenvalue weighted by Crippen LogP contribution is -2.32. The Kier molecular flexibility index (Phi) is 4.64. The van der Waals surface area contributed by atoms with Crippen molar-refractivity contribution < 1.29 is 9.47 Å². The van der Waals surface area contributed by atoms with Gasteiger partial charge >= 0.3 is 0 Å². The molecule has 0 amide bonds. The fraction of sp³-hybridized carbons (Fsp3) is 0.368. The van der Waals surface area contributed by atoms with E-state index in [-0.39, 0.29) is 0 Å². The molecule has 2 aromatic rings. The molecule has 2 atom stereocenters. The van der Waals surface area contributed by atoms with Crippen LogP contribution in [-0.4, -0.2) is 20.8 Å². The van der Waals surface area contributed by atoms with Crippen LogP contribution in [0, 0.1) is 0 Å². The fourth-order valence-corrected chi connectivity index (χ4v) is 3.35. The first-order valence-electron chi connectivity index (χ1n) is 7.82. The van der Waals surface area contributed by atoms with E-state index in [0.717, 1.165) is 30.9 Å². The van der Waals surface area contributed by atoms with E-state index in [1.165, 1.54) is 11.1 Å². The minimum atomic E-state index is 0.363. The highest BCUT2D eigenvalue weighted by atomic mass is 16.5. The third kappa shape index (κ3) is 2.95. The molecule has 1 aliphatic heterocycles. The summed E-state index contributed by atoms with van der Waals surface area (Å²) in [6.07, 6.45) is 2.25. The molecule has 1 saturated heterocycles. The van der Waals surface area contributed by atoms with Crippen molar-refractivity contribution in [1.29, 1.82) is 0 Å². The van der Waals surface area contributed by atoms with Gasteiger partial charge in [-0.1, -0.05) is 36.4 Å². The first-order valence-corrected chi connectivity index (χ1v) is 7.82. The van der Waals surface area contributed by atoms with Crippen molar-refractivity contribution in [1.82, 2.24) is 5.32 Å². The predicted molar refractivity (Wildman–Crippen MR) is 88.7 cm³/mol. The minimum Gasteiger partial charge on any atom is -0.496 e. The Balaban J connectivity index is 1.73. The smallest absolute Gasteiger partial charge is 0.123 e. The van der Waals surface area contributed by atoms with Gasteiger partial charge in [-0.15, -0.1) is 0 Å². The van der Waals surface area contributed by atoms with Gasteiger partial charge in [0, 0.05) is 24.1 Å². The molecule has 0 saturated carbocycles. The molecule has 0 aliphatic carbocycles. The molecule has 0 bridgehead atoms. The number of nitrogens with one attached hydrogen (secondary N) is 1. The quantitative estimate of drug-likeness (QED) is 0.928. The molecule has 0 aromatic heterocycles. The Morgan fingerprint density at radius 2 is 1.41 bits per heavy atom. The third-order valence-electron chi connectivity index (χ3n) is 4.51. The second kappa shape index (κ2) is 6.84. The first kappa shape index (κ1) is 14.9. The van der Waals surface area contributed by atoms with Crippen molar-refractivity contribution in [3.05, 3.63) is 59.7 Å². The molecule has 2 unspecified atom stereocenters. The molecule has 1 heterocycles. The zero-order valence-corrected chi connectivity index (χ0v) is 13.2. The van der Waals surface area contributed by atoms with Crippen LogP contribution >= 0.6 is 0 Å². The zero-order valence-electron chi connectivity index (χ0n) is 13.2. The molecular formula is C19H23NO2.